The predicted molar refractivity (Wildman–Crippen MR) is 144 cm³/mol. The van der Waals surface area contributed by atoms with E-state index in [2.05, 4.69) is 16.3 Å². The molecule has 3 aromatic carbocycles. The van der Waals surface area contributed by atoms with Crippen molar-refractivity contribution in [3.8, 4) is 16.9 Å². The standard InChI is InChI=1S/C30H33ClN2O2/c1-35-29-12-11-26(20-28(29)22-13-15-33(16-14-22)27-9-5-6-10-27)32-30(34)24-17-23(18-25(31)19-24)21-7-3-2-4-8-21/h2-4,7-8,11-12,17-20,22,27H,5-6,9-10,13-16H2,1H3,(H,32,34). The lowest BCUT2D eigenvalue weighted by atomic mass is 9.87. The third-order valence-corrected chi connectivity index (χ3v) is 7.78. The molecule has 1 heterocycles. The number of nitrogens with one attached hydrogen (secondary N) is 1. The summed E-state index contributed by atoms with van der Waals surface area (Å²) >= 11 is 6.37. The van der Waals surface area contributed by atoms with Crippen molar-refractivity contribution in [1.29, 1.82) is 0 Å². The molecule has 1 aliphatic heterocycles. The Labute approximate surface area is 213 Å². The van der Waals surface area contributed by atoms with E-state index in [0.717, 1.165) is 54.5 Å². The Morgan fingerprint density at radius 3 is 2.37 bits per heavy atom. The molecule has 0 atom stereocenters. The smallest absolute Gasteiger partial charge is 0.255 e. The van der Waals surface area contributed by atoms with E-state index in [1.54, 1.807) is 13.2 Å². The SMILES string of the molecule is COc1ccc(NC(=O)c2cc(Cl)cc(-c3ccccc3)c2)cc1C1CCN(C2CCCC2)CC1. The Balaban J connectivity index is 1.32. The highest BCUT2D eigenvalue weighted by molar-refractivity contribution is 6.31. The number of likely N-dealkylation sites (tertiary alicyclic amines) is 1. The first kappa shape index (κ1) is 23.9. The average Bonchev–Trinajstić information content (AvgIpc) is 3.44. The second-order valence-electron chi connectivity index (χ2n) is 9.75. The molecule has 2 fully saturated rings. The summed E-state index contributed by atoms with van der Waals surface area (Å²) in [4.78, 5) is 15.9. The topological polar surface area (TPSA) is 41.6 Å². The van der Waals surface area contributed by atoms with Gasteiger partial charge in [0, 0.05) is 22.3 Å². The molecule has 5 rings (SSSR count). The van der Waals surface area contributed by atoms with Crippen molar-refractivity contribution < 1.29 is 9.53 Å². The molecular weight excluding hydrogens is 456 g/mol. The van der Waals surface area contributed by atoms with Gasteiger partial charge in [-0.2, -0.15) is 0 Å². The molecule has 4 nitrogen and oxygen atoms in total. The van der Waals surface area contributed by atoms with Crippen molar-refractivity contribution >= 4 is 23.2 Å². The van der Waals surface area contributed by atoms with E-state index < -0.39 is 0 Å². The number of anilines is 1. The Hall–Kier alpha value is -2.82. The maximum atomic E-state index is 13.2. The van der Waals surface area contributed by atoms with Crippen molar-refractivity contribution in [2.75, 3.05) is 25.5 Å². The molecule has 5 heteroatoms. The van der Waals surface area contributed by atoms with Gasteiger partial charge >= 0.3 is 0 Å². The molecule has 0 bridgehead atoms. The minimum Gasteiger partial charge on any atom is -0.496 e. The maximum Gasteiger partial charge on any atom is 0.255 e. The highest BCUT2D eigenvalue weighted by Gasteiger charge is 2.29. The van der Waals surface area contributed by atoms with Crippen LogP contribution in [0.1, 0.15) is 60.4 Å². The van der Waals surface area contributed by atoms with Crippen LogP contribution in [0.5, 0.6) is 5.75 Å². The molecule has 0 radical (unpaired) electrons. The second-order valence-corrected chi connectivity index (χ2v) is 10.2. The Bertz CT molecular complexity index is 1170. The van der Waals surface area contributed by atoms with E-state index >= 15 is 0 Å². The van der Waals surface area contributed by atoms with Crippen molar-refractivity contribution in [2.24, 2.45) is 0 Å². The summed E-state index contributed by atoms with van der Waals surface area (Å²) in [6.45, 7) is 2.28. The van der Waals surface area contributed by atoms with Crippen LogP contribution in [0, 0.1) is 0 Å². The van der Waals surface area contributed by atoms with Crippen molar-refractivity contribution in [2.45, 2.75) is 50.5 Å². The number of methoxy groups -OCH3 is 1. The van der Waals surface area contributed by atoms with Crippen LogP contribution in [0.25, 0.3) is 11.1 Å². The van der Waals surface area contributed by atoms with Crippen LogP contribution < -0.4 is 10.1 Å². The number of ether oxygens (including phenoxy) is 1. The minimum absolute atomic E-state index is 0.170. The third-order valence-electron chi connectivity index (χ3n) is 7.57. The minimum atomic E-state index is -0.170. The van der Waals surface area contributed by atoms with Crippen LogP contribution >= 0.6 is 11.6 Å². The zero-order chi connectivity index (χ0) is 24.2. The summed E-state index contributed by atoms with van der Waals surface area (Å²) in [5.41, 5.74) is 4.46. The fraction of sp³-hybridized carbons (Fsp3) is 0.367. The van der Waals surface area contributed by atoms with E-state index in [1.165, 1.54) is 31.2 Å². The maximum absolute atomic E-state index is 13.2. The van der Waals surface area contributed by atoms with E-state index in [1.807, 2.05) is 54.6 Å². The van der Waals surface area contributed by atoms with Gasteiger partial charge in [0.1, 0.15) is 5.75 Å². The fourth-order valence-electron chi connectivity index (χ4n) is 5.70. The van der Waals surface area contributed by atoms with Gasteiger partial charge in [-0.1, -0.05) is 54.8 Å². The molecule has 3 aromatic rings. The summed E-state index contributed by atoms with van der Waals surface area (Å²) in [7, 11) is 1.72. The lowest BCUT2D eigenvalue weighted by Gasteiger charge is -2.36. The van der Waals surface area contributed by atoms with Gasteiger partial charge in [-0.25, -0.2) is 0 Å². The number of hydrogen-bond donors (Lipinski definition) is 1. The molecule has 0 spiro atoms. The van der Waals surface area contributed by atoms with Crippen LogP contribution in [-0.4, -0.2) is 37.0 Å². The van der Waals surface area contributed by atoms with Crippen molar-refractivity contribution in [3.05, 3.63) is 82.9 Å². The first-order valence-electron chi connectivity index (χ1n) is 12.7. The highest BCUT2D eigenvalue weighted by Crippen LogP contribution is 2.38. The second kappa shape index (κ2) is 10.8. The van der Waals surface area contributed by atoms with Crippen LogP contribution in [-0.2, 0) is 0 Å². The van der Waals surface area contributed by atoms with Gasteiger partial charge in [-0.3, -0.25) is 4.79 Å². The number of nitrogens with zero attached hydrogens (tertiary/aromatic N) is 1. The van der Waals surface area contributed by atoms with Gasteiger partial charge in [-0.05, 0) is 97.8 Å². The molecule has 1 amide bonds. The van der Waals surface area contributed by atoms with Crippen LogP contribution in [0.15, 0.2) is 66.7 Å². The largest absolute Gasteiger partial charge is 0.496 e. The number of amides is 1. The monoisotopic (exact) mass is 488 g/mol. The molecule has 182 valence electrons. The van der Waals surface area contributed by atoms with Gasteiger partial charge in [0.2, 0.25) is 0 Å². The molecule has 0 unspecified atom stereocenters. The van der Waals surface area contributed by atoms with Gasteiger partial charge < -0.3 is 15.0 Å². The number of halogens is 1. The number of piperidine rings is 1. The summed E-state index contributed by atoms with van der Waals surface area (Å²) < 4.78 is 5.71. The molecular formula is C30H33ClN2O2. The molecule has 1 aliphatic carbocycles. The van der Waals surface area contributed by atoms with Gasteiger partial charge in [0.05, 0.1) is 7.11 Å². The number of hydrogen-bond acceptors (Lipinski definition) is 3. The zero-order valence-corrected chi connectivity index (χ0v) is 21.1. The third kappa shape index (κ3) is 5.55. The summed E-state index contributed by atoms with van der Waals surface area (Å²) in [6.07, 6.45) is 7.70. The van der Waals surface area contributed by atoms with E-state index in [-0.39, 0.29) is 5.91 Å². The number of rotatable bonds is 6. The lowest BCUT2D eigenvalue weighted by molar-refractivity contribution is 0.102. The van der Waals surface area contributed by atoms with Gasteiger partial charge in [0.15, 0.2) is 0 Å². The quantitative estimate of drug-likeness (QED) is 0.393. The molecule has 35 heavy (non-hydrogen) atoms. The van der Waals surface area contributed by atoms with Crippen LogP contribution in [0.4, 0.5) is 5.69 Å². The molecule has 1 saturated carbocycles. The highest BCUT2D eigenvalue weighted by atomic mass is 35.5. The molecule has 1 saturated heterocycles. The summed E-state index contributed by atoms with van der Waals surface area (Å²) in [5, 5.41) is 3.63. The number of carbonyl (C=O) groups is 1. The predicted octanol–water partition coefficient (Wildman–Crippen LogP) is 7.39. The van der Waals surface area contributed by atoms with E-state index in [4.69, 9.17) is 16.3 Å². The van der Waals surface area contributed by atoms with E-state index in [0.29, 0.717) is 16.5 Å². The van der Waals surface area contributed by atoms with Crippen LogP contribution in [0.2, 0.25) is 5.02 Å². The number of benzene rings is 3. The zero-order valence-electron chi connectivity index (χ0n) is 20.3. The van der Waals surface area contributed by atoms with Crippen molar-refractivity contribution in [3.63, 3.8) is 0 Å². The van der Waals surface area contributed by atoms with Crippen molar-refractivity contribution in [1.82, 2.24) is 4.90 Å². The fourth-order valence-corrected chi connectivity index (χ4v) is 5.93. The summed E-state index contributed by atoms with van der Waals surface area (Å²) in [6, 6.07) is 22.2. The first-order valence-corrected chi connectivity index (χ1v) is 13.1. The van der Waals surface area contributed by atoms with Gasteiger partial charge in [0.25, 0.3) is 5.91 Å². The van der Waals surface area contributed by atoms with Crippen LogP contribution in [0.3, 0.4) is 0 Å². The lowest BCUT2D eigenvalue weighted by Crippen LogP contribution is -2.39. The van der Waals surface area contributed by atoms with E-state index in [9.17, 15) is 4.79 Å². The first-order chi connectivity index (χ1) is 17.1. The molecule has 1 N–H and O–H groups in total. The summed E-state index contributed by atoms with van der Waals surface area (Å²) in [5.74, 6) is 1.17. The average molecular weight is 489 g/mol. The van der Waals surface area contributed by atoms with Gasteiger partial charge in [-0.15, -0.1) is 0 Å². The number of carbonyl (C=O) groups excluding carboxylic acids is 1. The normalized spacial score (nSPS) is 17.4. The Kier molecular flexibility index (Phi) is 7.40. The molecule has 2 aliphatic rings. The molecule has 0 aromatic heterocycles. The Morgan fingerprint density at radius 1 is 0.914 bits per heavy atom. The Morgan fingerprint density at radius 2 is 1.66 bits per heavy atom.